The summed E-state index contributed by atoms with van der Waals surface area (Å²) in [7, 11) is 0. The fourth-order valence-electron chi connectivity index (χ4n) is 1.87. The highest BCUT2D eigenvalue weighted by molar-refractivity contribution is 5.54. The maximum atomic E-state index is 11.7. The van der Waals surface area contributed by atoms with E-state index in [1.54, 1.807) is 12.4 Å². The van der Waals surface area contributed by atoms with E-state index < -0.39 is 5.76 Å². The smallest absolute Gasteiger partial charge is 0.295 e. The van der Waals surface area contributed by atoms with Crippen LogP contribution in [-0.2, 0) is 6.54 Å². The fraction of sp³-hybridized carbons (Fsp3) is 0.0714. The van der Waals surface area contributed by atoms with Gasteiger partial charge in [0.1, 0.15) is 0 Å². The minimum atomic E-state index is -0.462. The van der Waals surface area contributed by atoms with Gasteiger partial charge in [-0.05, 0) is 17.7 Å². The molecule has 0 saturated heterocycles. The van der Waals surface area contributed by atoms with Crippen LogP contribution in [0.5, 0.6) is 0 Å². The second-order valence-corrected chi connectivity index (χ2v) is 4.08. The summed E-state index contributed by atoms with van der Waals surface area (Å²) in [4.78, 5) is 15.7. The van der Waals surface area contributed by atoms with Gasteiger partial charge < -0.3 is 0 Å². The summed E-state index contributed by atoms with van der Waals surface area (Å²) in [6.45, 7) is 0.412. The van der Waals surface area contributed by atoms with Gasteiger partial charge in [-0.1, -0.05) is 35.5 Å². The van der Waals surface area contributed by atoms with Crippen LogP contribution in [0.15, 0.2) is 64.2 Å². The molecule has 0 aliphatic heterocycles. The number of benzene rings is 1. The van der Waals surface area contributed by atoms with Gasteiger partial charge in [-0.15, -0.1) is 0 Å². The van der Waals surface area contributed by atoms with Crippen LogP contribution in [0, 0.1) is 0 Å². The Morgan fingerprint density at radius 3 is 2.53 bits per heavy atom. The summed E-state index contributed by atoms with van der Waals surface area (Å²) >= 11 is 0. The summed E-state index contributed by atoms with van der Waals surface area (Å²) in [5.41, 5.74) is 1.82. The van der Waals surface area contributed by atoms with E-state index in [4.69, 9.17) is 4.52 Å². The SMILES string of the molecule is O=c1onc(-c2ccccc2)n1Cc1ccncc1. The molecule has 0 aliphatic rings. The Morgan fingerprint density at radius 2 is 1.79 bits per heavy atom. The van der Waals surface area contributed by atoms with Crippen LogP contribution in [0.4, 0.5) is 0 Å². The molecule has 3 aromatic rings. The average Bonchev–Trinajstić information content (AvgIpc) is 2.82. The zero-order valence-corrected chi connectivity index (χ0v) is 10.1. The Hall–Kier alpha value is -2.69. The quantitative estimate of drug-likeness (QED) is 0.715. The van der Waals surface area contributed by atoms with Crippen molar-refractivity contribution in [1.82, 2.24) is 14.7 Å². The van der Waals surface area contributed by atoms with Gasteiger partial charge in [0.05, 0.1) is 6.54 Å². The Labute approximate surface area is 109 Å². The highest BCUT2D eigenvalue weighted by Crippen LogP contribution is 2.15. The monoisotopic (exact) mass is 253 g/mol. The molecule has 5 nitrogen and oxygen atoms in total. The molecule has 0 radical (unpaired) electrons. The molecule has 5 heteroatoms. The third-order valence-electron chi connectivity index (χ3n) is 2.81. The highest BCUT2D eigenvalue weighted by Gasteiger charge is 2.12. The lowest BCUT2D eigenvalue weighted by Crippen LogP contribution is -2.16. The maximum absolute atomic E-state index is 11.7. The summed E-state index contributed by atoms with van der Waals surface area (Å²) in [6, 6.07) is 13.2. The third-order valence-corrected chi connectivity index (χ3v) is 2.81. The Balaban J connectivity index is 2.03. The molecule has 0 fully saturated rings. The van der Waals surface area contributed by atoms with Gasteiger partial charge in [-0.2, -0.15) is 0 Å². The first kappa shape index (κ1) is 11.4. The van der Waals surface area contributed by atoms with Crippen LogP contribution in [0.2, 0.25) is 0 Å². The minimum Gasteiger partial charge on any atom is -0.295 e. The first-order chi connectivity index (χ1) is 9.34. The standard InChI is InChI=1S/C14H11N3O2/c18-14-17(10-11-6-8-15-9-7-11)13(16-19-14)12-4-2-1-3-5-12/h1-9H,10H2. The van der Waals surface area contributed by atoms with Gasteiger partial charge in [-0.25, -0.2) is 4.79 Å². The van der Waals surface area contributed by atoms with Crippen molar-refractivity contribution in [2.24, 2.45) is 0 Å². The van der Waals surface area contributed by atoms with Crippen LogP contribution in [0.1, 0.15) is 5.56 Å². The molecule has 94 valence electrons. The van der Waals surface area contributed by atoms with Crippen molar-refractivity contribution in [3.05, 3.63) is 71.0 Å². The van der Waals surface area contributed by atoms with Crippen molar-refractivity contribution >= 4 is 0 Å². The number of rotatable bonds is 3. The Kier molecular flexibility index (Phi) is 2.94. The van der Waals surface area contributed by atoms with E-state index in [1.165, 1.54) is 4.57 Å². The molecule has 19 heavy (non-hydrogen) atoms. The van der Waals surface area contributed by atoms with Crippen molar-refractivity contribution in [3.63, 3.8) is 0 Å². The third kappa shape index (κ3) is 2.30. The van der Waals surface area contributed by atoms with Crippen LogP contribution >= 0.6 is 0 Å². The molecule has 0 spiro atoms. The van der Waals surface area contributed by atoms with Crippen molar-refractivity contribution in [2.45, 2.75) is 6.54 Å². The van der Waals surface area contributed by atoms with Gasteiger partial charge in [0.15, 0.2) is 5.82 Å². The Morgan fingerprint density at radius 1 is 1.05 bits per heavy atom. The van der Waals surface area contributed by atoms with Crippen LogP contribution in [-0.4, -0.2) is 14.7 Å². The second-order valence-electron chi connectivity index (χ2n) is 4.08. The molecule has 0 unspecified atom stereocenters. The van der Waals surface area contributed by atoms with Crippen molar-refractivity contribution in [2.75, 3.05) is 0 Å². The van der Waals surface area contributed by atoms with E-state index in [2.05, 4.69) is 10.1 Å². The summed E-state index contributed by atoms with van der Waals surface area (Å²) < 4.78 is 6.27. The molecule has 0 atom stereocenters. The number of hydrogen-bond donors (Lipinski definition) is 0. The van der Waals surface area contributed by atoms with Crippen molar-refractivity contribution < 1.29 is 4.52 Å². The predicted molar refractivity (Wildman–Crippen MR) is 69.5 cm³/mol. The zero-order valence-electron chi connectivity index (χ0n) is 10.1. The first-order valence-electron chi connectivity index (χ1n) is 5.85. The Bertz CT molecular complexity index is 717. The second kappa shape index (κ2) is 4.89. The van der Waals surface area contributed by atoms with E-state index >= 15 is 0 Å². The molecule has 0 bridgehead atoms. The topological polar surface area (TPSA) is 60.9 Å². The molecule has 2 aromatic heterocycles. The number of aromatic nitrogens is 3. The fourth-order valence-corrected chi connectivity index (χ4v) is 1.87. The van der Waals surface area contributed by atoms with Gasteiger partial charge in [0.25, 0.3) is 0 Å². The molecule has 0 aliphatic carbocycles. The van der Waals surface area contributed by atoms with E-state index in [9.17, 15) is 4.79 Å². The minimum absolute atomic E-state index is 0.412. The number of nitrogens with zero attached hydrogens (tertiary/aromatic N) is 3. The molecule has 3 rings (SSSR count). The molecule has 0 N–H and O–H groups in total. The molecule has 2 heterocycles. The molecule has 0 saturated carbocycles. The number of hydrogen-bond acceptors (Lipinski definition) is 4. The molecule has 0 amide bonds. The predicted octanol–water partition coefficient (Wildman–Crippen LogP) is 1.95. The molecule has 1 aromatic carbocycles. The van der Waals surface area contributed by atoms with Crippen molar-refractivity contribution in [3.8, 4) is 11.4 Å². The summed E-state index contributed by atoms with van der Waals surface area (Å²) in [5, 5.41) is 3.84. The van der Waals surface area contributed by atoms with Gasteiger partial charge >= 0.3 is 5.76 Å². The van der Waals surface area contributed by atoms with Crippen LogP contribution in [0.3, 0.4) is 0 Å². The zero-order chi connectivity index (χ0) is 13.1. The largest absolute Gasteiger partial charge is 0.442 e. The van der Waals surface area contributed by atoms with Crippen molar-refractivity contribution in [1.29, 1.82) is 0 Å². The van der Waals surface area contributed by atoms with Gasteiger partial charge in [0, 0.05) is 18.0 Å². The number of pyridine rings is 1. The van der Waals surface area contributed by atoms with Crippen LogP contribution in [0.25, 0.3) is 11.4 Å². The highest BCUT2D eigenvalue weighted by atomic mass is 16.5. The maximum Gasteiger partial charge on any atom is 0.442 e. The van der Waals surface area contributed by atoms with Gasteiger partial charge in [0.2, 0.25) is 0 Å². The van der Waals surface area contributed by atoms with Crippen LogP contribution < -0.4 is 5.76 Å². The van der Waals surface area contributed by atoms with Gasteiger partial charge in [-0.3, -0.25) is 14.1 Å². The van der Waals surface area contributed by atoms with E-state index in [1.807, 2.05) is 42.5 Å². The molecular formula is C14H11N3O2. The lowest BCUT2D eigenvalue weighted by atomic mass is 10.2. The first-order valence-corrected chi connectivity index (χ1v) is 5.85. The normalized spacial score (nSPS) is 10.5. The summed E-state index contributed by atoms with van der Waals surface area (Å²) in [5.74, 6) is 0.0677. The molecular weight excluding hydrogens is 242 g/mol. The van der Waals surface area contributed by atoms with E-state index in [-0.39, 0.29) is 0 Å². The van der Waals surface area contributed by atoms with E-state index in [0.29, 0.717) is 12.4 Å². The van der Waals surface area contributed by atoms with E-state index in [0.717, 1.165) is 11.1 Å². The lowest BCUT2D eigenvalue weighted by molar-refractivity contribution is 0.378. The lowest BCUT2D eigenvalue weighted by Gasteiger charge is -2.04. The summed E-state index contributed by atoms with van der Waals surface area (Å²) in [6.07, 6.45) is 3.38. The average molecular weight is 253 g/mol.